The van der Waals surface area contributed by atoms with Crippen LogP contribution in [0.2, 0.25) is 0 Å². The van der Waals surface area contributed by atoms with Gasteiger partial charge in [0.2, 0.25) is 0 Å². The predicted molar refractivity (Wildman–Crippen MR) is 102 cm³/mol. The molecule has 3 heterocycles. The molecule has 1 N–H and O–H groups in total. The molecule has 1 aromatic carbocycles. The van der Waals surface area contributed by atoms with Crippen molar-refractivity contribution < 1.29 is 14.3 Å². The van der Waals surface area contributed by atoms with Gasteiger partial charge in [-0.3, -0.25) is 4.79 Å². The van der Waals surface area contributed by atoms with Crippen LogP contribution in [0.4, 0.5) is 11.5 Å². The van der Waals surface area contributed by atoms with Crippen molar-refractivity contribution in [2.24, 2.45) is 0 Å². The standard InChI is InChI=1S/C20H24N4O3/c1-14-4-3-5-16(12-14)23-19(25)17-13-18(22-15(2)21-17)24-8-6-20(7-9-24)26-10-11-27-20/h3-5,12-13H,6-11H2,1-2H3,(H,23,25). The lowest BCUT2D eigenvalue weighted by Gasteiger charge is -2.38. The summed E-state index contributed by atoms with van der Waals surface area (Å²) in [7, 11) is 0. The lowest BCUT2D eigenvalue weighted by Crippen LogP contribution is -2.45. The largest absolute Gasteiger partial charge is 0.356 e. The van der Waals surface area contributed by atoms with Gasteiger partial charge in [0.15, 0.2) is 5.79 Å². The van der Waals surface area contributed by atoms with Crippen molar-refractivity contribution in [1.82, 2.24) is 9.97 Å². The number of nitrogens with zero attached hydrogens (tertiary/aromatic N) is 3. The Morgan fingerprint density at radius 2 is 1.85 bits per heavy atom. The van der Waals surface area contributed by atoms with E-state index < -0.39 is 5.79 Å². The molecule has 7 nitrogen and oxygen atoms in total. The fourth-order valence-electron chi connectivity index (χ4n) is 3.61. The third-order valence-corrected chi connectivity index (χ3v) is 5.00. The summed E-state index contributed by atoms with van der Waals surface area (Å²) in [4.78, 5) is 23.7. The van der Waals surface area contributed by atoms with Crippen molar-refractivity contribution in [1.29, 1.82) is 0 Å². The van der Waals surface area contributed by atoms with Gasteiger partial charge in [0.25, 0.3) is 5.91 Å². The molecule has 2 aliphatic heterocycles. The number of aryl methyl sites for hydroxylation is 2. The predicted octanol–water partition coefficient (Wildman–Crippen LogP) is 2.69. The first-order chi connectivity index (χ1) is 13.0. The molecule has 0 atom stereocenters. The van der Waals surface area contributed by atoms with Crippen molar-refractivity contribution in [2.45, 2.75) is 32.5 Å². The number of anilines is 2. The highest BCUT2D eigenvalue weighted by Gasteiger charge is 2.40. The summed E-state index contributed by atoms with van der Waals surface area (Å²) in [5.41, 5.74) is 2.21. The fraction of sp³-hybridized carbons (Fsp3) is 0.450. The van der Waals surface area contributed by atoms with E-state index in [-0.39, 0.29) is 5.91 Å². The van der Waals surface area contributed by atoms with Crippen molar-refractivity contribution >= 4 is 17.4 Å². The average Bonchev–Trinajstić information content (AvgIpc) is 3.10. The number of carbonyl (C=O) groups is 1. The lowest BCUT2D eigenvalue weighted by atomic mass is 10.0. The average molecular weight is 368 g/mol. The molecule has 0 radical (unpaired) electrons. The number of rotatable bonds is 3. The Balaban J connectivity index is 1.49. The smallest absolute Gasteiger partial charge is 0.274 e. The third-order valence-electron chi connectivity index (χ3n) is 5.00. The number of amides is 1. The normalized spacial score (nSPS) is 18.7. The molecule has 4 rings (SSSR count). The molecular weight excluding hydrogens is 344 g/mol. The molecule has 2 fully saturated rings. The van der Waals surface area contributed by atoms with Crippen LogP contribution in [-0.4, -0.2) is 48.0 Å². The molecule has 0 bridgehead atoms. The van der Waals surface area contributed by atoms with Crippen LogP contribution in [0.5, 0.6) is 0 Å². The van der Waals surface area contributed by atoms with E-state index in [1.165, 1.54) is 0 Å². The van der Waals surface area contributed by atoms with Gasteiger partial charge >= 0.3 is 0 Å². The van der Waals surface area contributed by atoms with E-state index in [0.717, 1.165) is 43.0 Å². The number of hydrogen-bond donors (Lipinski definition) is 1. The summed E-state index contributed by atoms with van der Waals surface area (Å²) in [6.45, 7) is 6.67. The Kier molecular flexibility index (Phi) is 4.80. The Hall–Kier alpha value is -2.51. The highest BCUT2D eigenvalue weighted by atomic mass is 16.7. The summed E-state index contributed by atoms with van der Waals surface area (Å²) >= 11 is 0. The van der Waals surface area contributed by atoms with Crippen LogP contribution < -0.4 is 10.2 Å². The first kappa shape index (κ1) is 17.9. The molecule has 27 heavy (non-hydrogen) atoms. The Morgan fingerprint density at radius 3 is 2.56 bits per heavy atom. The molecule has 0 unspecified atom stereocenters. The van der Waals surface area contributed by atoms with Crippen molar-refractivity contribution in [3.63, 3.8) is 0 Å². The number of piperidine rings is 1. The van der Waals surface area contributed by atoms with Crippen molar-refractivity contribution in [2.75, 3.05) is 36.5 Å². The molecule has 7 heteroatoms. The SMILES string of the molecule is Cc1cccc(NC(=O)c2cc(N3CCC4(CC3)OCCO4)nc(C)n2)c1. The Morgan fingerprint density at radius 1 is 1.11 bits per heavy atom. The van der Waals surface area contributed by atoms with Crippen LogP contribution in [0.3, 0.4) is 0 Å². The summed E-state index contributed by atoms with van der Waals surface area (Å²) in [6.07, 6.45) is 1.59. The minimum atomic E-state index is -0.427. The van der Waals surface area contributed by atoms with E-state index in [0.29, 0.717) is 24.7 Å². The van der Waals surface area contributed by atoms with Gasteiger partial charge in [0, 0.05) is 37.7 Å². The summed E-state index contributed by atoms with van der Waals surface area (Å²) in [5.74, 6) is 0.688. The number of ether oxygens (including phenoxy) is 2. The second-order valence-electron chi connectivity index (χ2n) is 7.08. The maximum Gasteiger partial charge on any atom is 0.274 e. The molecule has 142 valence electrons. The number of hydrogen-bond acceptors (Lipinski definition) is 6. The topological polar surface area (TPSA) is 76.6 Å². The molecular formula is C20H24N4O3. The van der Waals surface area contributed by atoms with E-state index in [4.69, 9.17) is 9.47 Å². The summed E-state index contributed by atoms with van der Waals surface area (Å²) in [5, 5.41) is 2.91. The minimum absolute atomic E-state index is 0.233. The van der Waals surface area contributed by atoms with Crippen molar-refractivity contribution in [3.05, 3.63) is 47.4 Å². The number of aromatic nitrogens is 2. The Labute approximate surface area is 158 Å². The fourth-order valence-corrected chi connectivity index (χ4v) is 3.61. The highest BCUT2D eigenvalue weighted by molar-refractivity contribution is 6.03. The zero-order valence-corrected chi connectivity index (χ0v) is 15.7. The van der Waals surface area contributed by atoms with E-state index in [9.17, 15) is 4.79 Å². The zero-order valence-electron chi connectivity index (χ0n) is 15.7. The molecule has 1 amide bonds. The van der Waals surface area contributed by atoms with Crippen LogP contribution >= 0.6 is 0 Å². The number of carbonyl (C=O) groups excluding carboxylic acids is 1. The van der Waals surface area contributed by atoms with E-state index in [1.54, 1.807) is 6.07 Å². The van der Waals surface area contributed by atoms with Crippen LogP contribution in [0, 0.1) is 13.8 Å². The molecule has 0 aliphatic carbocycles. The van der Waals surface area contributed by atoms with E-state index in [2.05, 4.69) is 20.2 Å². The van der Waals surface area contributed by atoms with Crippen LogP contribution in [0.1, 0.15) is 34.7 Å². The Bertz CT molecular complexity index is 839. The summed E-state index contributed by atoms with van der Waals surface area (Å²) in [6, 6.07) is 9.46. The van der Waals surface area contributed by atoms with Gasteiger partial charge < -0.3 is 19.7 Å². The maximum absolute atomic E-state index is 12.7. The van der Waals surface area contributed by atoms with Crippen molar-refractivity contribution in [3.8, 4) is 0 Å². The van der Waals surface area contributed by atoms with Gasteiger partial charge in [-0.2, -0.15) is 0 Å². The lowest BCUT2D eigenvalue weighted by molar-refractivity contribution is -0.169. The third kappa shape index (κ3) is 3.94. The first-order valence-corrected chi connectivity index (χ1v) is 9.30. The van der Waals surface area contributed by atoms with E-state index in [1.807, 2.05) is 38.1 Å². The van der Waals surface area contributed by atoms with Gasteiger partial charge in [0.05, 0.1) is 13.2 Å². The van der Waals surface area contributed by atoms with Crippen LogP contribution in [-0.2, 0) is 9.47 Å². The molecule has 0 saturated carbocycles. The van der Waals surface area contributed by atoms with E-state index >= 15 is 0 Å². The molecule has 2 aromatic rings. The first-order valence-electron chi connectivity index (χ1n) is 9.30. The van der Waals surface area contributed by atoms with Gasteiger partial charge in [-0.1, -0.05) is 12.1 Å². The quantitative estimate of drug-likeness (QED) is 0.898. The molecule has 1 aromatic heterocycles. The minimum Gasteiger partial charge on any atom is -0.356 e. The van der Waals surface area contributed by atoms with Gasteiger partial charge in [0.1, 0.15) is 17.3 Å². The second kappa shape index (κ2) is 7.25. The van der Waals surface area contributed by atoms with Gasteiger partial charge in [-0.25, -0.2) is 9.97 Å². The van der Waals surface area contributed by atoms with Gasteiger partial charge in [-0.05, 0) is 31.5 Å². The number of nitrogens with one attached hydrogen (secondary N) is 1. The van der Waals surface area contributed by atoms with Crippen LogP contribution in [0.15, 0.2) is 30.3 Å². The molecule has 1 spiro atoms. The maximum atomic E-state index is 12.7. The monoisotopic (exact) mass is 368 g/mol. The number of benzene rings is 1. The second-order valence-corrected chi connectivity index (χ2v) is 7.08. The highest BCUT2D eigenvalue weighted by Crippen LogP contribution is 2.32. The van der Waals surface area contributed by atoms with Gasteiger partial charge in [-0.15, -0.1) is 0 Å². The molecule has 2 aliphatic rings. The molecule has 2 saturated heterocycles. The zero-order chi connectivity index (χ0) is 18.9. The van der Waals surface area contributed by atoms with Crippen LogP contribution in [0.25, 0.3) is 0 Å². The summed E-state index contributed by atoms with van der Waals surface area (Å²) < 4.78 is 11.6.